The van der Waals surface area contributed by atoms with Gasteiger partial charge in [-0.15, -0.1) is 0 Å². The first-order valence-corrected chi connectivity index (χ1v) is 7.35. The maximum Gasteiger partial charge on any atom is 0.237 e. The summed E-state index contributed by atoms with van der Waals surface area (Å²) < 4.78 is 0. The summed E-state index contributed by atoms with van der Waals surface area (Å²) in [6, 6.07) is 9.63. The van der Waals surface area contributed by atoms with E-state index in [2.05, 4.69) is 5.32 Å². The number of amides is 2. The normalized spacial score (nSPS) is 27.1. The van der Waals surface area contributed by atoms with Gasteiger partial charge in [0.05, 0.1) is 5.92 Å². The highest BCUT2D eigenvalue weighted by atomic mass is 16.2. The molecule has 2 unspecified atom stereocenters. The van der Waals surface area contributed by atoms with Gasteiger partial charge >= 0.3 is 0 Å². The van der Waals surface area contributed by atoms with Crippen LogP contribution < -0.4 is 5.32 Å². The van der Waals surface area contributed by atoms with Crippen LogP contribution in [0.4, 0.5) is 0 Å². The maximum absolute atomic E-state index is 12.5. The van der Waals surface area contributed by atoms with Gasteiger partial charge in [-0.05, 0) is 37.4 Å². The number of carbonyl (C=O) groups is 2. The Morgan fingerprint density at radius 3 is 2.70 bits per heavy atom. The van der Waals surface area contributed by atoms with E-state index in [1.165, 1.54) is 4.90 Å². The monoisotopic (exact) mass is 272 g/mol. The molecule has 2 heterocycles. The van der Waals surface area contributed by atoms with Crippen LogP contribution in [-0.4, -0.2) is 36.3 Å². The van der Waals surface area contributed by atoms with E-state index in [1.807, 2.05) is 30.3 Å². The molecule has 3 rings (SSSR count). The van der Waals surface area contributed by atoms with Crippen molar-refractivity contribution in [3.63, 3.8) is 0 Å². The van der Waals surface area contributed by atoms with Crippen molar-refractivity contribution in [3.05, 3.63) is 35.9 Å². The highest BCUT2D eigenvalue weighted by molar-refractivity contribution is 6.06. The zero-order valence-electron chi connectivity index (χ0n) is 11.5. The number of carbonyl (C=O) groups excluding carboxylic acids is 2. The average molecular weight is 272 g/mol. The van der Waals surface area contributed by atoms with E-state index in [-0.39, 0.29) is 17.7 Å². The topological polar surface area (TPSA) is 49.4 Å². The third-order valence-electron chi connectivity index (χ3n) is 4.29. The Kier molecular flexibility index (Phi) is 3.83. The molecule has 2 fully saturated rings. The van der Waals surface area contributed by atoms with E-state index in [4.69, 9.17) is 0 Å². The molecule has 1 aromatic carbocycles. The predicted octanol–water partition coefficient (Wildman–Crippen LogP) is 1.53. The van der Waals surface area contributed by atoms with Gasteiger partial charge in [-0.3, -0.25) is 14.5 Å². The summed E-state index contributed by atoms with van der Waals surface area (Å²) in [5.41, 5.74) is 0.954. The number of hydrogen-bond donors (Lipinski definition) is 1. The van der Waals surface area contributed by atoms with Gasteiger partial charge in [-0.1, -0.05) is 30.3 Å². The fourth-order valence-corrected chi connectivity index (χ4v) is 3.16. The summed E-state index contributed by atoms with van der Waals surface area (Å²) in [7, 11) is 0. The second-order valence-corrected chi connectivity index (χ2v) is 5.72. The molecule has 4 nitrogen and oxygen atoms in total. The number of nitrogens with zero attached hydrogens (tertiary/aromatic N) is 1. The lowest BCUT2D eigenvalue weighted by Gasteiger charge is -2.26. The van der Waals surface area contributed by atoms with Crippen molar-refractivity contribution < 1.29 is 9.59 Å². The van der Waals surface area contributed by atoms with Crippen LogP contribution in [0.25, 0.3) is 0 Å². The average Bonchev–Trinajstić information content (AvgIpc) is 2.77. The molecule has 2 aliphatic rings. The van der Waals surface area contributed by atoms with E-state index in [9.17, 15) is 9.59 Å². The Hall–Kier alpha value is -1.68. The van der Waals surface area contributed by atoms with Gasteiger partial charge in [0, 0.05) is 13.0 Å². The molecule has 1 N–H and O–H groups in total. The molecule has 1 aromatic rings. The molecule has 2 saturated heterocycles. The highest BCUT2D eigenvalue weighted by Gasteiger charge is 2.40. The lowest BCUT2D eigenvalue weighted by Crippen LogP contribution is -2.40. The van der Waals surface area contributed by atoms with Crippen molar-refractivity contribution in [2.75, 3.05) is 19.6 Å². The van der Waals surface area contributed by atoms with Crippen molar-refractivity contribution in [1.82, 2.24) is 10.2 Å². The fourth-order valence-electron chi connectivity index (χ4n) is 3.16. The molecule has 2 aliphatic heterocycles. The van der Waals surface area contributed by atoms with Crippen LogP contribution in [0.5, 0.6) is 0 Å². The first-order chi connectivity index (χ1) is 9.75. The zero-order chi connectivity index (χ0) is 13.9. The largest absolute Gasteiger partial charge is 0.316 e. The van der Waals surface area contributed by atoms with E-state index in [0.717, 1.165) is 31.5 Å². The van der Waals surface area contributed by atoms with Crippen LogP contribution in [0, 0.1) is 5.92 Å². The van der Waals surface area contributed by atoms with Crippen LogP contribution >= 0.6 is 0 Å². The van der Waals surface area contributed by atoms with E-state index in [1.54, 1.807) is 0 Å². The van der Waals surface area contributed by atoms with Gasteiger partial charge in [-0.2, -0.15) is 0 Å². The second-order valence-electron chi connectivity index (χ2n) is 5.72. The minimum atomic E-state index is -0.278. The van der Waals surface area contributed by atoms with Crippen LogP contribution in [0.2, 0.25) is 0 Å². The summed E-state index contributed by atoms with van der Waals surface area (Å²) in [4.78, 5) is 26.1. The Balaban J connectivity index is 1.70. The molecule has 0 radical (unpaired) electrons. The molecule has 0 aromatic heterocycles. The number of hydrogen-bond acceptors (Lipinski definition) is 3. The van der Waals surface area contributed by atoms with Gasteiger partial charge in [0.2, 0.25) is 11.8 Å². The van der Waals surface area contributed by atoms with E-state index < -0.39 is 0 Å². The second kappa shape index (κ2) is 5.75. The minimum absolute atomic E-state index is 0.0190. The van der Waals surface area contributed by atoms with Gasteiger partial charge < -0.3 is 5.32 Å². The Morgan fingerprint density at radius 1 is 1.20 bits per heavy atom. The van der Waals surface area contributed by atoms with E-state index >= 15 is 0 Å². The molecule has 0 bridgehead atoms. The molecule has 0 spiro atoms. The molecule has 0 saturated carbocycles. The molecule has 4 heteroatoms. The van der Waals surface area contributed by atoms with Crippen molar-refractivity contribution >= 4 is 11.8 Å². The van der Waals surface area contributed by atoms with E-state index in [0.29, 0.717) is 18.9 Å². The Labute approximate surface area is 119 Å². The SMILES string of the molecule is O=C1CC(c2ccccc2)C(=O)N1CC1CCCNC1. The minimum Gasteiger partial charge on any atom is -0.316 e. The standard InChI is InChI=1S/C16H20N2O2/c19-15-9-14(13-6-2-1-3-7-13)16(20)18(15)11-12-5-4-8-17-10-12/h1-3,6-7,12,14,17H,4-5,8-11H2. The van der Waals surface area contributed by atoms with Gasteiger partial charge in [0.15, 0.2) is 0 Å². The first kappa shape index (κ1) is 13.3. The van der Waals surface area contributed by atoms with Crippen LogP contribution in [0.3, 0.4) is 0 Å². The van der Waals surface area contributed by atoms with Crippen molar-refractivity contribution in [1.29, 1.82) is 0 Å². The molecule has 2 amide bonds. The van der Waals surface area contributed by atoms with Gasteiger partial charge in [0.1, 0.15) is 0 Å². The summed E-state index contributed by atoms with van der Waals surface area (Å²) in [6.07, 6.45) is 2.55. The molecule has 2 atom stereocenters. The molecular formula is C16H20N2O2. The number of rotatable bonds is 3. The Morgan fingerprint density at radius 2 is 2.00 bits per heavy atom. The van der Waals surface area contributed by atoms with Gasteiger partial charge in [0.25, 0.3) is 0 Å². The number of benzene rings is 1. The predicted molar refractivity (Wildman–Crippen MR) is 76.1 cm³/mol. The van der Waals surface area contributed by atoms with Crippen LogP contribution in [0.1, 0.15) is 30.7 Å². The van der Waals surface area contributed by atoms with Crippen LogP contribution in [-0.2, 0) is 9.59 Å². The molecular weight excluding hydrogens is 252 g/mol. The summed E-state index contributed by atoms with van der Waals surface area (Å²) in [6.45, 7) is 2.53. The first-order valence-electron chi connectivity index (χ1n) is 7.35. The number of piperidine rings is 1. The molecule has 106 valence electrons. The maximum atomic E-state index is 12.5. The number of likely N-dealkylation sites (tertiary alicyclic amines) is 1. The third kappa shape index (κ3) is 2.61. The van der Waals surface area contributed by atoms with Gasteiger partial charge in [-0.25, -0.2) is 0 Å². The summed E-state index contributed by atoms with van der Waals surface area (Å²) in [5.74, 6) is 0.0904. The number of imide groups is 1. The fraction of sp³-hybridized carbons (Fsp3) is 0.500. The summed E-state index contributed by atoms with van der Waals surface area (Å²) >= 11 is 0. The lowest BCUT2D eigenvalue weighted by atomic mass is 9.97. The zero-order valence-corrected chi connectivity index (χ0v) is 11.5. The Bertz CT molecular complexity index is 494. The van der Waals surface area contributed by atoms with Crippen LogP contribution in [0.15, 0.2) is 30.3 Å². The third-order valence-corrected chi connectivity index (χ3v) is 4.29. The van der Waals surface area contributed by atoms with Crippen molar-refractivity contribution in [2.24, 2.45) is 5.92 Å². The van der Waals surface area contributed by atoms with Crippen molar-refractivity contribution in [3.8, 4) is 0 Å². The highest BCUT2D eigenvalue weighted by Crippen LogP contribution is 2.30. The molecule has 20 heavy (non-hydrogen) atoms. The molecule has 0 aliphatic carbocycles. The number of nitrogens with one attached hydrogen (secondary N) is 1. The summed E-state index contributed by atoms with van der Waals surface area (Å²) in [5, 5.41) is 3.33. The van der Waals surface area contributed by atoms with Crippen molar-refractivity contribution in [2.45, 2.75) is 25.2 Å². The quantitative estimate of drug-likeness (QED) is 0.849. The smallest absolute Gasteiger partial charge is 0.237 e. The lowest BCUT2D eigenvalue weighted by molar-refractivity contribution is -0.139.